The fourth-order valence-corrected chi connectivity index (χ4v) is 0.627. The second-order valence-corrected chi connectivity index (χ2v) is 2.15. The maximum Gasteiger partial charge on any atom is 0.323 e. The van der Waals surface area contributed by atoms with E-state index in [0.717, 1.165) is 19.5 Å². The number of carbonyl (C=O) groups is 2. The van der Waals surface area contributed by atoms with E-state index in [-0.39, 0.29) is 0 Å². The van der Waals surface area contributed by atoms with Gasteiger partial charge in [0.1, 0.15) is 0 Å². The van der Waals surface area contributed by atoms with Crippen LogP contribution < -0.4 is 11.2 Å². The third-order valence-corrected chi connectivity index (χ3v) is 1.34. The van der Waals surface area contributed by atoms with Crippen molar-refractivity contribution in [3.8, 4) is 0 Å². The van der Waals surface area contributed by atoms with E-state index in [4.69, 9.17) is 0 Å². The van der Waals surface area contributed by atoms with Crippen molar-refractivity contribution in [1.29, 1.82) is 0 Å². The highest BCUT2D eigenvalue weighted by Gasteiger charge is 2.18. The quantitative estimate of drug-likeness (QED) is 0.425. The summed E-state index contributed by atoms with van der Waals surface area (Å²) in [5.74, 6) is -1.67. The molecule has 1 aliphatic rings. The van der Waals surface area contributed by atoms with Gasteiger partial charge in [-0.2, -0.15) is 0 Å². The highest BCUT2D eigenvalue weighted by Crippen LogP contribution is 1.99. The average Bonchev–Trinajstić information content (AvgIpc) is 1.77. The van der Waals surface area contributed by atoms with Gasteiger partial charge in [0, 0.05) is 13.1 Å². The summed E-state index contributed by atoms with van der Waals surface area (Å²) in [5.41, 5.74) is 7.02. The first kappa shape index (κ1) is 7.01. The third kappa shape index (κ3) is 1.44. The smallest absolute Gasteiger partial charge is 0.323 e. The first-order valence-corrected chi connectivity index (χ1v) is 3.05. The minimum atomic E-state index is -0.938. The molecule has 1 fully saturated rings. The summed E-state index contributed by atoms with van der Waals surface area (Å²) in [7, 11) is 0. The molecule has 0 bridgehead atoms. The van der Waals surface area contributed by atoms with Gasteiger partial charge in [-0.25, -0.2) is 5.01 Å². The topological polar surface area (TPSA) is 75.4 Å². The molecule has 2 amide bonds. The summed E-state index contributed by atoms with van der Waals surface area (Å²) >= 11 is 0. The van der Waals surface area contributed by atoms with Gasteiger partial charge < -0.3 is 5.73 Å². The van der Waals surface area contributed by atoms with Crippen molar-refractivity contribution in [2.75, 3.05) is 13.1 Å². The van der Waals surface area contributed by atoms with E-state index in [1.807, 2.05) is 0 Å². The number of nitrogens with zero attached hydrogens (tertiary/aromatic N) is 1. The van der Waals surface area contributed by atoms with Gasteiger partial charge in [0.2, 0.25) is 0 Å². The predicted molar refractivity (Wildman–Crippen MR) is 33.5 cm³/mol. The van der Waals surface area contributed by atoms with Gasteiger partial charge in [-0.15, -0.1) is 0 Å². The molecule has 0 aromatic heterocycles. The lowest BCUT2D eigenvalue weighted by molar-refractivity contribution is -0.141. The van der Waals surface area contributed by atoms with Crippen LogP contribution in [0, 0.1) is 0 Å². The van der Waals surface area contributed by atoms with E-state index < -0.39 is 11.8 Å². The molecule has 1 saturated heterocycles. The number of carbonyl (C=O) groups excluding carboxylic acids is 2. The first-order valence-electron chi connectivity index (χ1n) is 3.05. The minimum Gasteiger partial charge on any atom is -0.361 e. The Balaban J connectivity index is 2.23. The largest absolute Gasteiger partial charge is 0.361 e. The summed E-state index contributed by atoms with van der Waals surface area (Å²) in [6.45, 7) is 1.61. The molecule has 1 heterocycles. The lowest BCUT2D eigenvalue weighted by Gasteiger charge is -2.29. The fraction of sp³-hybridized carbons (Fsp3) is 0.600. The van der Waals surface area contributed by atoms with E-state index >= 15 is 0 Å². The highest BCUT2D eigenvalue weighted by molar-refractivity contribution is 6.34. The molecular formula is C5H9N3O2. The van der Waals surface area contributed by atoms with E-state index in [1.54, 1.807) is 5.01 Å². The SMILES string of the molecule is NC(=O)C(=O)NN1CCC1. The van der Waals surface area contributed by atoms with E-state index in [0.29, 0.717) is 0 Å². The van der Waals surface area contributed by atoms with Crippen LogP contribution in [0.25, 0.3) is 0 Å². The molecule has 10 heavy (non-hydrogen) atoms. The summed E-state index contributed by atoms with van der Waals surface area (Å²) in [6, 6.07) is 0. The first-order chi connectivity index (χ1) is 4.70. The fourth-order valence-electron chi connectivity index (χ4n) is 0.627. The predicted octanol–water partition coefficient (Wildman–Crippen LogP) is -1.79. The molecule has 56 valence electrons. The van der Waals surface area contributed by atoms with E-state index in [9.17, 15) is 9.59 Å². The number of nitrogens with two attached hydrogens (primary N) is 1. The van der Waals surface area contributed by atoms with Crippen molar-refractivity contribution in [3.05, 3.63) is 0 Å². The molecule has 5 nitrogen and oxygen atoms in total. The van der Waals surface area contributed by atoms with Gasteiger partial charge in [0.15, 0.2) is 0 Å². The van der Waals surface area contributed by atoms with Crippen LogP contribution in [0.3, 0.4) is 0 Å². The zero-order valence-corrected chi connectivity index (χ0v) is 5.46. The molecule has 0 aromatic carbocycles. The molecular weight excluding hydrogens is 134 g/mol. The van der Waals surface area contributed by atoms with Crippen molar-refractivity contribution < 1.29 is 9.59 Å². The monoisotopic (exact) mass is 143 g/mol. The molecule has 0 spiro atoms. The zero-order valence-electron chi connectivity index (χ0n) is 5.46. The standard InChI is InChI=1S/C5H9N3O2/c6-4(9)5(10)7-8-2-1-3-8/h1-3H2,(H2,6,9)(H,7,10). The van der Waals surface area contributed by atoms with Gasteiger partial charge in [-0.1, -0.05) is 0 Å². The van der Waals surface area contributed by atoms with Crippen LogP contribution >= 0.6 is 0 Å². The maximum absolute atomic E-state index is 10.5. The van der Waals surface area contributed by atoms with Crippen molar-refractivity contribution in [3.63, 3.8) is 0 Å². The Bertz CT molecular complexity index is 164. The molecule has 1 aliphatic heterocycles. The van der Waals surface area contributed by atoms with Crippen LogP contribution in [0.5, 0.6) is 0 Å². The molecule has 5 heteroatoms. The average molecular weight is 143 g/mol. The van der Waals surface area contributed by atoms with E-state index in [1.165, 1.54) is 0 Å². The third-order valence-electron chi connectivity index (χ3n) is 1.34. The summed E-state index contributed by atoms with van der Waals surface area (Å²) < 4.78 is 0. The lowest BCUT2D eigenvalue weighted by atomic mass is 10.3. The summed E-state index contributed by atoms with van der Waals surface area (Å²) in [5, 5.41) is 1.65. The van der Waals surface area contributed by atoms with Crippen LogP contribution in [0.15, 0.2) is 0 Å². The van der Waals surface area contributed by atoms with Crippen molar-refractivity contribution in [2.24, 2.45) is 5.73 Å². The number of nitrogens with one attached hydrogen (secondary N) is 1. The Morgan fingerprint density at radius 2 is 2.00 bits per heavy atom. The van der Waals surface area contributed by atoms with Crippen molar-refractivity contribution >= 4 is 11.8 Å². The van der Waals surface area contributed by atoms with Crippen molar-refractivity contribution in [2.45, 2.75) is 6.42 Å². The van der Waals surface area contributed by atoms with Crippen LogP contribution in [-0.2, 0) is 9.59 Å². The Morgan fingerprint density at radius 3 is 2.30 bits per heavy atom. The number of rotatable bonds is 1. The molecule has 0 saturated carbocycles. The maximum atomic E-state index is 10.5. The number of hydrazine groups is 1. The van der Waals surface area contributed by atoms with Crippen LogP contribution in [0.4, 0.5) is 0 Å². The highest BCUT2D eigenvalue weighted by atomic mass is 16.2. The molecule has 1 rings (SSSR count). The van der Waals surface area contributed by atoms with Gasteiger partial charge in [0.05, 0.1) is 0 Å². The lowest BCUT2D eigenvalue weighted by Crippen LogP contribution is -2.53. The van der Waals surface area contributed by atoms with Gasteiger partial charge in [-0.05, 0) is 6.42 Å². The Morgan fingerprint density at radius 1 is 1.40 bits per heavy atom. The van der Waals surface area contributed by atoms with Crippen LogP contribution in [0.1, 0.15) is 6.42 Å². The summed E-state index contributed by atoms with van der Waals surface area (Å²) in [4.78, 5) is 20.7. The normalized spacial score (nSPS) is 17.6. The molecule has 0 atom stereocenters. The van der Waals surface area contributed by atoms with Crippen molar-refractivity contribution in [1.82, 2.24) is 10.4 Å². The number of primary amides is 1. The summed E-state index contributed by atoms with van der Waals surface area (Å²) in [6.07, 6.45) is 1.05. The molecule has 3 N–H and O–H groups in total. The zero-order chi connectivity index (χ0) is 7.56. The molecule has 0 aromatic rings. The number of amides is 2. The minimum absolute atomic E-state index is 0.736. The van der Waals surface area contributed by atoms with Gasteiger partial charge in [-0.3, -0.25) is 15.0 Å². The molecule has 0 aliphatic carbocycles. The van der Waals surface area contributed by atoms with Crippen LogP contribution in [0.2, 0.25) is 0 Å². The Kier molecular flexibility index (Phi) is 1.86. The van der Waals surface area contributed by atoms with Crippen LogP contribution in [-0.4, -0.2) is 29.9 Å². The van der Waals surface area contributed by atoms with E-state index in [2.05, 4.69) is 11.2 Å². The van der Waals surface area contributed by atoms with Gasteiger partial charge >= 0.3 is 11.8 Å². The second-order valence-electron chi connectivity index (χ2n) is 2.15. The van der Waals surface area contributed by atoms with Gasteiger partial charge in [0.25, 0.3) is 0 Å². The molecule has 0 unspecified atom stereocenters. The molecule has 0 radical (unpaired) electrons. The Labute approximate surface area is 58.1 Å². The number of hydrogen-bond acceptors (Lipinski definition) is 3. The Hall–Kier alpha value is -1.10. The second kappa shape index (κ2) is 2.66. The number of hydrogen-bond donors (Lipinski definition) is 2.